The van der Waals surface area contributed by atoms with Crippen LogP contribution < -0.4 is 4.18 Å². The number of rotatable bonds is 2. The van der Waals surface area contributed by atoms with Gasteiger partial charge in [0.1, 0.15) is 0 Å². The minimum absolute atomic E-state index is 0.241. The van der Waals surface area contributed by atoms with Crippen molar-refractivity contribution in [1.82, 2.24) is 4.90 Å². The maximum atomic E-state index is 11.0. The van der Waals surface area contributed by atoms with Gasteiger partial charge in [0.15, 0.2) is 11.5 Å². The summed E-state index contributed by atoms with van der Waals surface area (Å²) in [5.41, 5.74) is 4.83. The van der Waals surface area contributed by atoms with Crippen molar-refractivity contribution < 1.29 is 22.3 Å². The van der Waals surface area contributed by atoms with Crippen molar-refractivity contribution in [2.45, 2.75) is 18.9 Å². The van der Waals surface area contributed by atoms with Crippen LogP contribution in [0.25, 0.3) is 11.1 Å². The van der Waals surface area contributed by atoms with Gasteiger partial charge in [-0.2, -0.15) is 8.42 Å². The van der Waals surface area contributed by atoms with Crippen LogP contribution in [0, 0.1) is 0 Å². The number of nitrogens with zero attached hydrogens (tertiary/aromatic N) is 1. The lowest BCUT2D eigenvalue weighted by Gasteiger charge is -2.39. The van der Waals surface area contributed by atoms with E-state index in [2.05, 4.69) is 22.2 Å². The molecule has 24 heavy (non-hydrogen) atoms. The van der Waals surface area contributed by atoms with Gasteiger partial charge in [0.2, 0.25) is 0 Å². The number of likely N-dealkylation sites (N-methyl/N-ethyl adjacent to an activating group) is 1. The zero-order valence-corrected chi connectivity index (χ0v) is 13.9. The summed E-state index contributed by atoms with van der Waals surface area (Å²) in [6, 6.07) is 9.33. The summed E-state index contributed by atoms with van der Waals surface area (Å²) < 4.78 is 35.4. The zero-order valence-electron chi connectivity index (χ0n) is 13.1. The molecule has 0 amide bonds. The second kappa shape index (κ2) is 5.20. The van der Waals surface area contributed by atoms with Crippen LogP contribution in [0.15, 0.2) is 30.3 Å². The lowest BCUT2D eigenvalue weighted by atomic mass is 9.77. The summed E-state index contributed by atoms with van der Waals surface area (Å²) in [6.07, 6.45) is 1.67. The van der Waals surface area contributed by atoms with E-state index in [1.165, 1.54) is 17.2 Å². The average molecular weight is 347 g/mol. The van der Waals surface area contributed by atoms with Gasteiger partial charge in [-0.05, 0) is 48.2 Å². The molecule has 0 fully saturated rings. The molecule has 1 atom stereocenters. The van der Waals surface area contributed by atoms with E-state index in [9.17, 15) is 13.5 Å². The predicted molar refractivity (Wildman–Crippen MR) is 88.5 cm³/mol. The van der Waals surface area contributed by atoms with Crippen molar-refractivity contribution in [3.63, 3.8) is 0 Å². The van der Waals surface area contributed by atoms with Crippen molar-refractivity contribution in [3.05, 3.63) is 47.0 Å². The minimum Gasteiger partial charge on any atom is -0.504 e. The average Bonchev–Trinajstić information content (AvgIpc) is 2.52. The fraction of sp³-hybridized carbons (Fsp3) is 0.294. The number of hydrogen-bond acceptors (Lipinski definition) is 5. The van der Waals surface area contributed by atoms with Crippen molar-refractivity contribution in [2.24, 2.45) is 0 Å². The molecule has 1 heterocycles. The number of benzene rings is 2. The van der Waals surface area contributed by atoms with E-state index in [0.717, 1.165) is 30.5 Å². The number of aromatic hydroxyl groups is 1. The van der Waals surface area contributed by atoms with Gasteiger partial charge >= 0.3 is 10.4 Å². The zero-order chi connectivity index (χ0) is 17.1. The molecule has 126 valence electrons. The molecule has 2 aromatic carbocycles. The summed E-state index contributed by atoms with van der Waals surface area (Å²) in [5, 5.41) is 10.6. The van der Waals surface area contributed by atoms with E-state index in [0.29, 0.717) is 5.56 Å². The molecule has 1 aliphatic carbocycles. The maximum absolute atomic E-state index is 11.0. The fourth-order valence-electron chi connectivity index (χ4n) is 3.85. The third-order valence-electron chi connectivity index (χ3n) is 4.90. The highest BCUT2D eigenvalue weighted by atomic mass is 32.3. The van der Waals surface area contributed by atoms with E-state index in [1.807, 2.05) is 12.1 Å². The molecule has 0 unspecified atom stereocenters. The van der Waals surface area contributed by atoms with Gasteiger partial charge in [0, 0.05) is 18.2 Å². The maximum Gasteiger partial charge on any atom is 0.446 e. The SMILES string of the molecule is CN1CCc2cccc3c2[C@H]1Cc1ccc(OS(=O)(=O)O)c(O)c1-3. The highest BCUT2D eigenvalue weighted by Crippen LogP contribution is 2.50. The Morgan fingerprint density at radius 3 is 2.75 bits per heavy atom. The second-order valence-corrected chi connectivity index (χ2v) is 7.31. The summed E-state index contributed by atoms with van der Waals surface area (Å²) >= 11 is 0. The Morgan fingerprint density at radius 2 is 2.00 bits per heavy atom. The Morgan fingerprint density at radius 1 is 1.21 bits per heavy atom. The molecule has 4 rings (SSSR count). The molecule has 0 saturated heterocycles. The minimum atomic E-state index is -4.69. The van der Waals surface area contributed by atoms with Gasteiger partial charge in [-0.3, -0.25) is 9.45 Å². The topological polar surface area (TPSA) is 87.1 Å². The standard InChI is InChI=1S/C17H17NO5S/c1-18-8-7-10-3-2-4-12-15(10)13(18)9-11-5-6-14(17(19)16(11)12)23-24(20,21)22/h2-6,13,19H,7-9H2,1H3,(H,20,21,22)/t13-/m1/s1. The number of phenols is 1. The Hall–Kier alpha value is -2.09. The first-order chi connectivity index (χ1) is 11.3. The smallest absolute Gasteiger partial charge is 0.446 e. The van der Waals surface area contributed by atoms with Crippen LogP contribution in [0.5, 0.6) is 11.5 Å². The molecular weight excluding hydrogens is 330 g/mol. The van der Waals surface area contributed by atoms with Crippen LogP contribution in [0.1, 0.15) is 22.7 Å². The predicted octanol–water partition coefficient (Wildman–Crippen LogP) is 2.33. The van der Waals surface area contributed by atoms with Gasteiger partial charge in [-0.1, -0.05) is 24.3 Å². The quantitative estimate of drug-likeness (QED) is 0.811. The van der Waals surface area contributed by atoms with Gasteiger partial charge in [-0.25, -0.2) is 0 Å². The third kappa shape index (κ3) is 2.36. The Balaban J connectivity index is 1.94. The summed E-state index contributed by atoms with van der Waals surface area (Å²) in [4.78, 5) is 2.30. The normalized spacial score (nSPS) is 19.5. The van der Waals surface area contributed by atoms with Crippen LogP contribution in [0.4, 0.5) is 0 Å². The molecule has 0 aromatic heterocycles. The molecule has 0 spiro atoms. The Kier molecular flexibility index (Phi) is 3.35. The monoisotopic (exact) mass is 347 g/mol. The largest absolute Gasteiger partial charge is 0.504 e. The van der Waals surface area contributed by atoms with Crippen molar-refractivity contribution in [1.29, 1.82) is 0 Å². The van der Waals surface area contributed by atoms with Crippen LogP contribution in [0.2, 0.25) is 0 Å². The molecule has 6 nitrogen and oxygen atoms in total. The van der Waals surface area contributed by atoms with Gasteiger partial charge in [-0.15, -0.1) is 0 Å². The van der Waals surface area contributed by atoms with Crippen LogP contribution in [-0.2, 0) is 23.2 Å². The Labute approximate surface area is 140 Å². The fourth-order valence-corrected chi connectivity index (χ4v) is 4.21. The van der Waals surface area contributed by atoms with Crippen LogP contribution >= 0.6 is 0 Å². The summed E-state index contributed by atoms with van der Waals surface area (Å²) in [6.45, 7) is 0.979. The molecule has 7 heteroatoms. The first-order valence-electron chi connectivity index (χ1n) is 7.69. The molecule has 2 N–H and O–H groups in total. The molecule has 0 saturated carbocycles. The lowest BCUT2D eigenvalue weighted by molar-refractivity contribution is 0.228. The van der Waals surface area contributed by atoms with E-state index >= 15 is 0 Å². The lowest BCUT2D eigenvalue weighted by Crippen LogP contribution is -2.35. The molecule has 2 aliphatic rings. The van der Waals surface area contributed by atoms with Crippen molar-refractivity contribution in [3.8, 4) is 22.6 Å². The Bertz CT molecular complexity index is 938. The second-order valence-electron chi connectivity index (χ2n) is 6.29. The number of fused-ring (bicyclic) bond motifs is 2. The van der Waals surface area contributed by atoms with Crippen molar-refractivity contribution in [2.75, 3.05) is 13.6 Å². The first-order valence-corrected chi connectivity index (χ1v) is 9.06. The van der Waals surface area contributed by atoms with E-state index in [-0.39, 0.29) is 17.5 Å². The highest BCUT2D eigenvalue weighted by molar-refractivity contribution is 7.81. The van der Waals surface area contributed by atoms with E-state index < -0.39 is 10.4 Å². The van der Waals surface area contributed by atoms with Crippen LogP contribution in [0.3, 0.4) is 0 Å². The molecule has 1 aliphatic heterocycles. The molecule has 0 bridgehead atoms. The third-order valence-corrected chi connectivity index (χ3v) is 5.29. The van der Waals surface area contributed by atoms with Crippen molar-refractivity contribution >= 4 is 10.4 Å². The molecular formula is C17H17NO5S. The van der Waals surface area contributed by atoms with E-state index in [4.69, 9.17) is 4.55 Å². The van der Waals surface area contributed by atoms with Crippen LogP contribution in [-0.4, -0.2) is 36.6 Å². The summed E-state index contributed by atoms with van der Waals surface area (Å²) in [5.74, 6) is -0.526. The van der Waals surface area contributed by atoms with Gasteiger partial charge in [0.05, 0.1) is 0 Å². The van der Waals surface area contributed by atoms with Gasteiger partial charge in [0.25, 0.3) is 0 Å². The van der Waals surface area contributed by atoms with E-state index in [1.54, 1.807) is 6.07 Å². The molecule has 2 aromatic rings. The molecule has 0 radical (unpaired) electrons. The summed E-state index contributed by atoms with van der Waals surface area (Å²) in [7, 11) is -2.60. The van der Waals surface area contributed by atoms with Gasteiger partial charge < -0.3 is 9.29 Å². The first kappa shape index (κ1) is 15.4. The number of hydrogen-bond donors (Lipinski definition) is 2. The highest BCUT2D eigenvalue weighted by Gasteiger charge is 2.34. The number of phenolic OH excluding ortho intramolecular Hbond substituents is 1.